The lowest BCUT2D eigenvalue weighted by atomic mass is 10.2. The van der Waals surface area contributed by atoms with Crippen LogP contribution in [0.15, 0.2) is 24.3 Å². The van der Waals surface area contributed by atoms with E-state index in [9.17, 15) is 0 Å². The molecule has 0 N–H and O–H groups in total. The Kier molecular flexibility index (Phi) is 2.73. The van der Waals surface area contributed by atoms with E-state index < -0.39 is 0 Å². The van der Waals surface area contributed by atoms with Gasteiger partial charge in [0.15, 0.2) is 0 Å². The summed E-state index contributed by atoms with van der Waals surface area (Å²) in [5.74, 6) is 0.884. The lowest BCUT2D eigenvalue weighted by Crippen LogP contribution is -2.02. The van der Waals surface area contributed by atoms with E-state index in [0.717, 1.165) is 23.5 Å². The maximum absolute atomic E-state index is 6.02. The van der Waals surface area contributed by atoms with Gasteiger partial charge in [-0.25, -0.2) is 0 Å². The number of hydrogen-bond acceptors (Lipinski definition) is 2. The summed E-state index contributed by atoms with van der Waals surface area (Å²) in [4.78, 5) is 0. The molecule has 1 aromatic carbocycles. The number of benzene rings is 1. The fourth-order valence-corrected chi connectivity index (χ4v) is 1.80. The van der Waals surface area contributed by atoms with Gasteiger partial charge < -0.3 is 0 Å². The molecule has 0 atom stereocenters. The van der Waals surface area contributed by atoms with Crippen molar-refractivity contribution >= 4 is 11.6 Å². The Balaban J connectivity index is 2.63. The van der Waals surface area contributed by atoms with Gasteiger partial charge in [0.1, 0.15) is 5.82 Å². The van der Waals surface area contributed by atoms with Crippen LogP contribution in [0.2, 0.25) is 5.28 Å². The molecule has 0 saturated carbocycles. The fourth-order valence-electron chi connectivity index (χ4n) is 1.58. The van der Waals surface area contributed by atoms with Gasteiger partial charge in [-0.2, -0.15) is 0 Å². The monoisotopic (exact) mass is 221 g/mol. The SMILES string of the molecule is CCc1nnc(Cl)n1-c1ccccc1C. The normalized spacial score (nSPS) is 10.6. The minimum atomic E-state index is 0.418. The van der Waals surface area contributed by atoms with Gasteiger partial charge in [0.05, 0.1) is 5.69 Å². The molecule has 0 amide bonds. The molecule has 2 rings (SSSR count). The zero-order valence-corrected chi connectivity index (χ0v) is 9.49. The summed E-state index contributed by atoms with van der Waals surface area (Å²) < 4.78 is 1.89. The molecule has 0 aliphatic heterocycles. The van der Waals surface area contributed by atoms with E-state index in [1.54, 1.807) is 0 Å². The van der Waals surface area contributed by atoms with Crippen molar-refractivity contribution in [2.45, 2.75) is 20.3 Å². The summed E-state index contributed by atoms with van der Waals surface area (Å²) in [7, 11) is 0. The van der Waals surface area contributed by atoms with Crippen LogP contribution in [0.5, 0.6) is 0 Å². The molecule has 2 aromatic rings. The summed E-state index contributed by atoms with van der Waals surface area (Å²) in [5.41, 5.74) is 2.21. The Bertz CT molecular complexity index is 476. The van der Waals surface area contributed by atoms with E-state index in [1.165, 1.54) is 0 Å². The van der Waals surface area contributed by atoms with Crippen LogP contribution in [0, 0.1) is 6.92 Å². The summed E-state index contributed by atoms with van der Waals surface area (Å²) in [6.07, 6.45) is 0.814. The molecule has 0 saturated heterocycles. The molecule has 3 nitrogen and oxygen atoms in total. The number of aromatic nitrogens is 3. The zero-order chi connectivity index (χ0) is 10.8. The van der Waals surface area contributed by atoms with Crippen LogP contribution < -0.4 is 0 Å². The van der Waals surface area contributed by atoms with E-state index >= 15 is 0 Å². The summed E-state index contributed by atoms with van der Waals surface area (Å²) >= 11 is 6.02. The van der Waals surface area contributed by atoms with Crippen molar-refractivity contribution in [3.8, 4) is 5.69 Å². The van der Waals surface area contributed by atoms with Crippen molar-refractivity contribution in [3.63, 3.8) is 0 Å². The third-order valence-electron chi connectivity index (χ3n) is 2.36. The van der Waals surface area contributed by atoms with Crippen molar-refractivity contribution in [1.82, 2.24) is 14.8 Å². The van der Waals surface area contributed by atoms with Crippen molar-refractivity contribution in [1.29, 1.82) is 0 Å². The average Bonchev–Trinajstić information content (AvgIpc) is 2.60. The third kappa shape index (κ3) is 1.75. The maximum Gasteiger partial charge on any atom is 0.229 e. The van der Waals surface area contributed by atoms with Crippen molar-refractivity contribution < 1.29 is 0 Å². The number of rotatable bonds is 2. The molecule has 1 heterocycles. The Morgan fingerprint density at radius 2 is 2.00 bits per heavy atom. The first-order valence-corrected chi connectivity index (χ1v) is 5.27. The molecule has 0 spiro atoms. The highest BCUT2D eigenvalue weighted by Crippen LogP contribution is 2.20. The van der Waals surface area contributed by atoms with Crippen LogP contribution in [0.3, 0.4) is 0 Å². The number of hydrogen-bond donors (Lipinski definition) is 0. The van der Waals surface area contributed by atoms with Crippen LogP contribution in [0.25, 0.3) is 5.69 Å². The first-order chi connectivity index (χ1) is 7.24. The predicted octanol–water partition coefficient (Wildman–Crippen LogP) is 2.79. The molecule has 1 aromatic heterocycles. The van der Waals surface area contributed by atoms with E-state index in [0.29, 0.717) is 5.28 Å². The summed E-state index contributed by atoms with van der Waals surface area (Å²) in [6, 6.07) is 8.05. The Hall–Kier alpha value is -1.35. The maximum atomic E-state index is 6.02. The molecular weight excluding hydrogens is 210 g/mol. The summed E-state index contributed by atoms with van der Waals surface area (Å²) in [6.45, 7) is 4.08. The molecule has 4 heteroatoms. The van der Waals surface area contributed by atoms with Crippen LogP contribution in [0.1, 0.15) is 18.3 Å². The molecule has 78 valence electrons. The van der Waals surface area contributed by atoms with Gasteiger partial charge in [0.2, 0.25) is 5.28 Å². The highest BCUT2D eigenvalue weighted by Gasteiger charge is 2.11. The van der Waals surface area contributed by atoms with E-state index in [1.807, 2.05) is 42.7 Å². The molecule has 0 aliphatic carbocycles. The molecule has 0 fully saturated rings. The van der Waals surface area contributed by atoms with Crippen LogP contribution in [-0.2, 0) is 6.42 Å². The minimum Gasteiger partial charge on any atom is -0.270 e. The first kappa shape index (κ1) is 10.2. The number of para-hydroxylation sites is 1. The molecule has 0 bridgehead atoms. The minimum absolute atomic E-state index is 0.418. The van der Waals surface area contributed by atoms with Crippen molar-refractivity contribution in [2.24, 2.45) is 0 Å². The molecule has 0 unspecified atom stereocenters. The second-order valence-corrected chi connectivity index (χ2v) is 3.70. The smallest absolute Gasteiger partial charge is 0.229 e. The van der Waals surface area contributed by atoms with Crippen LogP contribution >= 0.6 is 11.6 Å². The van der Waals surface area contributed by atoms with Gasteiger partial charge >= 0.3 is 0 Å². The second-order valence-electron chi connectivity index (χ2n) is 3.36. The van der Waals surface area contributed by atoms with Gasteiger partial charge in [0.25, 0.3) is 0 Å². The highest BCUT2D eigenvalue weighted by atomic mass is 35.5. The van der Waals surface area contributed by atoms with Crippen molar-refractivity contribution in [2.75, 3.05) is 0 Å². The lowest BCUT2D eigenvalue weighted by molar-refractivity contribution is 0.879. The summed E-state index contributed by atoms with van der Waals surface area (Å²) in [5, 5.41) is 8.33. The highest BCUT2D eigenvalue weighted by molar-refractivity contribution is 6.28. The van der Waals surface area contributed by atoms with Crippen LogP contribution in [0.4, 0.5) is 0 Å². The van der Waals surface area contributed by atoms with Crippen LogP contribution in [-0.4, -0.2) is 14.8 Å². The molecule has 0 radical (unpaired) electrons. The van der Waals surface area contributed by atoms with Crippen molar-refractivity contribution in [3.05, 3.63) is 40.9 Å². The standard InChI is InChI=1S/C11H12ClN3/c1-3-10-13-14-11(12)15(10)9-7-5-4-6-8(9)2/h4-7H,3H2,1-2H3. The lowest BCUT2D eigenvalue weighted by Gasteiger charge is -2.09. The van der Waals surface area contributed by atoms with E-state index in [4.69, 9.17) is 11.6 Å². The largest absolute Gasteiger partial charge is 0.270 e. The zero-order valence-electron chi connectivity index (χ0n) is 8.74. The Morgan fingerprint density at radius 1 is 1.27 bits per heavy atom. The fraction of sp³-hybridized carbons (Fsp3) is 0.273. The molecule has 15 heavy (non-hydrogen) atoms. The third-order valence-corrected chi connectivity index (χ3v) is 2.61. The predicted molar refractivity (Wildman–Crippen MR) is 60.5 cm³/mol. The van der Waals surface area contributed by atoms with E-state index in [2.05, 4.69) is 10.2 Å². The van der Waals surface area contributed by atoms with Gasteiger partial charge in [-0.1, -0.05) is 25.1 Å². The first-order valence-electron chi connectivity index (χ1n) is 4.90. The number of halogens is 1. The Labute approximate surface area is 93.7 Å². The topological polar surface area (TPSA) is 30.7 Å². The van der Waals surface area contributed by atoms with Gasteiger partial charge in [0, 0.05) is 6.42 Å². The number of aryl methyl sites for hydroxylation is 2. The second kappa shape index (κ2) is 4.03. The van der Waals surface area contributed by atoms with Gasteiger partial charge in [-0.05, 0) is 30.2 Å². The molecule has 0 aliphatic rings. The Morgan fingerprint density at radius 3 is 2.67 bits per heavy atom. The number of nitrogens with zero attached hydrogens (tertiary/aromatic N) is 3. The quantitative estimate of drug-likeness (QED) is 0.781. The van der Waals surface area contributed by atoms with E-state index in [-0.39, 0.29) is 0 Å². The van der Waals surface area contributed by atoms with Gasteiger partial charge in [-0.3, -0.25) is 4.57 Å². The average molecular weight is 222 g/mol. The molecular formula is C11H12ClN3. The van der Waals surface area contributed by atoms with Gasteiger partial charge in [-0.15, -0.1) is 10.2 Å².